The minimum absolute atomic E-state index is 0.0489. The lowest BCUT2D eigenvalue weighted by atomic mass is 10.0. The van der Waals surface area contributed by atoms with Crippen LogP contribution in [0.4, 0.5) is 5.69 Å². The number of benzene rings is 2. The van der Waals surface area contributed by atoms with Crippen molar-refractivity contribution in [2.45, 2.75) is 44.3 Å². The summed E-state index contributed by atoms with van der Waals surface area (Å²) in [4.78, 5) is 17.9. The number of likely N-dealkylation sites (tertiary alicyclic amines) is 2. The molecule has 7 heteroatoms. The van der Waals surface area contributed by atoms with Crippen LogP contribution >= 0.6 is 11.6 Å². The van der Waals surface area contributed by atoms with E-state index >= 15 is 0 Å². The first-order chi connectivity index (χ1) is 15.6. The van der Waals surface area contributed by atoms with Gasteiger partial charge in [-0.1, -0.05) is 41.9 Å². The molecule has 0 spiro atoms. The van der Waals surface area contributed by atoms with Crippen molar-refractivity contribution in [1.82, 2.24) is 9.80 Å². The molecule has 0 unspecified atom stereocenters. The van der Waals surface area contributed by atoms with Crippen LogP contribution in [0.3, 0.4) is 0 Å². The van der Waals surface area contributed by atoms with Crippen molar-refractivity contribution in [3.8, 4) is 11.5 Å². The molecule has 0 aromatic heterocycles. The number of methoxy groups -OCH3 is 2. The van der Waals surface area contributed by atoms with Crippen molar-refractivity contribution in [2.24, 2.45) is 0 Å². The monoisotopic (exact) mass is 457 g/mol. The van der Waals surface area contributed by atoms with Gasteiger partial charge >= 0.3 is 0 Å². The molecule has 1 amide bonds. The highest BCUT2D eigenvalue weighted by molar-refractivity contribution is 6.32. The molecular formula is C25H32ClN3O3. The number of amides is 1. The zero-order valence-electron chi connectivity index (χ0n) is 18.9. The van der Waals surface area contributed by atoms with Crippen molar-refractivity contribution in [3.63, 3.8) is 0 Å². The van der Waals surface area contributed by atoms with Gasteiger partial charge in [0.05, 0.1) is 31.5 Å². The highest BCUT2D eigenvalue weighted by Gasteiger charge is 2.38. The number of nitrogens with one attached hydrogen (secondary N) is 1. The fourth-order valence-corrected chi connectivity index (χ4v) is 5.35. The predicted octanol–water partition coefficient (Wildman–Crippen LogP) is 4.42. The van der Waals surface area contributed by atoms with Gasteiger partial charge in [0, 0.05) is 30.8 Å². The molecular weight excluding hydrogens is 426 g/mol. The Morgan fingerprint density at radius 3 is 2.34 bits per heavy atom. The van der Waals surface area contributed by atoms with Crippen LogP contribution in [-0.2, 0) is 11.3 Å². The predicted molar refractivity (Wildman–Crippen MR) is 128 cm³/mol. The fraction of sp³-hybridized carbons (Fsp3) is 0.480. The Morgan fingerprint density at radius 2 is 1.66 bits per heavy atom. The summed E-state index contributed by atoms with van der Waals surface area (Å²) < 4.78 is 10.7. The summed E-state index contributed by atoms with van der Waals surface area (Å²) >= 11 is 6.19. The van der Waals surface area contributed by atoms with Crippen LogP contribution in [0.2, 0.25) is 5.02 Å². The number of ether oxygens (including phenoxy) is 2. The van der Waals surface area contributed by atoms with Crippen LogP contribution in [0.5, 0.6) is 11.5 Å². The Hall–Kier alpha value is -2.28. The smallest absolute Gasteiger partial charge is 0.238 e. The standard InChI is InChI=1S/C25H32ClN3O3/c1-31-23-15-20(24(32-2)14-19(23)26)27-25(30)17-29-13-7-11-22(29)21-10-6-12-28(21)16-18-8-4-3-5-9-18/h3-5,8-9,14-15,21-22H,6-7,10-13,16-17H2,1-2H3,(H,27,30)/t21-,22-/m1/s1. The van der Waals surface area contributed by atoms with Gasteiger partial charge in [-0.3, -0.25) is 14.6 Å². The summed E-state index contributed by atoms with van der Waals surface area (Å²) in [6, 6.07) is 14.9. The maximum Gasteiger partial charge on any atom is 0.238 e. The quantitative estimate of drug-likeness (QED) is 0.635. The van der Waals surface area contributed by atoms with Gasteiger partial charge in [-0.2, -0.15) is 0 Å². The Morgan fingerprint density at radius 1 is 1.00 bits per heavy atom. The fourth-order valence-electron chi connectivity index (χ4n) is 5.12. The van der Waals surface area contributed by atoms with E-state index in [1.54, 1.807) is 26.4 Å². The van der Waals surface area contributed by atoms with Crippen molar-refractivity contribution < 1.29 is 14.3 Å². The number of nitrogens with zero attached hydrogens (tertiary/aromatic N) is 2. The van der Waals surface area contributed by atoms with Crippen molar-refractivity contribution in [2.75, 3.05) is 39.2 Å². The molecule has 0 bridgehead atoms. The lowest BCUT2D eigenvalue weighted by Gasteiger charge is -2.35. The van der Waals surface area contributed by atoms with Crippen LogP contribution in [0.15, 0.2) is 42.5 Å². The van der Waals surface area contributed by atoms with Gasteiger partial charge in [-0.05, 0) is 44.3 Å². The molecule has 2 aromatic rings. The van der Waals surface area contributed by atoms with Crippen molar-refractivity contribution >= 4 is 23.2 Å². The van der Waals surface area contributed by atoms with Crippen LogP contribution in [0, 0.1) is 0 Å². The maximum atomic E-state index is 13.0. The highest BCUT2D eigenvalue weighted by atomic mass is 35.5. The third kappa shape index (κ3) is 5.20. The van der Waals surface area contributed by atoms with E-state index in [-0.39, 0.29) is 5.91 Å². The third-order valence-electron chi connectivity index (χ3n) is 6.60. The minimum atomic E-state index is -0.0489. The van der Waals surface area contributed by atoms with E-state index < -0.39 is 0 Å². The van der Waals surface area contributed by atoms with E-state index in [4.69, 9.17) is 21.1 Å². The van der Waals surface area contributed by atoms with Crippen LogP contribution in [-0.4, -0.2) is 61.6 Å². The van der Waals surface area contributed by atoms with Gasteiger partial charge in [-0.15, -0.1) is 0 Å². The summed E-state index contributed by atoms with van der Waals surface area (Å²) in [5.41, 5.74) is 1.92. The minimum Gasteiger partial charge on any atom is -0.495 e. The Kier molecular flexibility index (Phi) is 7.55. The SMILES string of the molecule is COc1cc(NC(=O)CN2CCC[C@@H]2[C@H]2CCCN2Cc2ccccc2)c(OC)cc1Cl. The lowest BCUT2D eigenvalue weighted by Crippen LogP contribution is -2.48. The molecule has 2 aromatic carbocycles. The molecule has 2 aliphatic heterocycles. The first-order valence-electron chi connectivity index (χ1n) is 11.3. The molecule has 1 N–H and O–H groups in total. The number of hydrogen-bond acceptors (Lipinski definition) is 5. The summed E-state index contributed by atoms with van der Waals surface area (Å²) in [5.74, 6) is 0.975. The average Bonchev–Trinajstić information content (AvgIpc) is 3.44. The van der Waals surface area contributed by atoms with E-state index in [0.717, 1.165) is 32.5 Å². The Bertz CT molecular complexity index is 924. The molecule has 0 radical (unpaired) electrons. The molecule has 6 nitrogen and oxygen atoms in total. The number of hydrogen-bond donors (Lipinski definition) is 1. The molecule has 0 saturated carbocycles. The van der Waals surface area contributed by atoms with Gasteiger partial charge in [-0.25, -0.2) is 0 Å². The first-order valence-corrected chi connectivity index (χ1v) is 11.7. The van der Waals surface area contributed by atoms with Crippen molar-refractivity contribution in [3.05, 3.63) is 53.1 Å². The molecule has 2 aliphatic rings. The van der Waals surface area contributed by atoms with Gasteiger partial charge in [0.15, 0.2) is 0 Å². The summed E-state index contributed by atoms with van der Waals surface area (Å²) in [6.45, 7) is 3.42. The molecule has 2 heterocycles. The van der Waals surface area contributed by atoms with Crippen LogP contribution in [0.25, 0.3) is 0 Å². The second-order valence-corrected chi connectivity index (χ2v) is 8.99. The van der Waals surface area contributed by atoms with E-state index in [0.29, 0.717) is 40.8 Å². The summed E-state index contributed by atoms with van der Waals surface area (Å²) in [5, 5.41) is 3.44. The molecule has 2 saturated heterocycles. The molecule has 172 valence electrons. The largest absolute Gasteiger partial charge is 0.495 e. The Labute approximate surface area is 195 Å². The topological polar surface area (TPSA) is 54.0 Å². The van der Waals surface area contributed by atoms with Crippen LogP contribution < -0.4 is 14.8 Å². The number of rotatable bonds is 8. The molecule has 2 fully saturated rings. The first kappa shape index (κ1) is 22.9. The normalized spacial score (nSPS) is 21.6. The second-order valence-electron chi connectivity index (χ2n) is 8.58. The van der Waals surface area contributed by atoms with E-state index in [2.05, 4.69) is 45.4 Å². The highest BCUT2D eigenvalue weighted by Crippen LogP contribution is 2.36. The summed E-state index contributed by atoms with van der Waals surface area (Å²) in [6.07, 6.45) is 4.68. The molecule has 32 heavy (non-hydrogen) atoms. The summed E-state index contributed by atoms with van der Waals surface area (Å²) in [7, 11) is 3.11. The van der Waals surface area contributed by atoms with E-state index in [1.807, 2.05) is 0 Å². The van der Waals surface area contributed by atoms with Crippen molar-refractivity contribution in [1.29, 1.82) is 0 Å². The average molecular weight is 458 g/mol. The van der Waals surface area contributed by atoms with E-state index in [1.165, 1.54) is 18.4 Å². The molecule has 4 rings (SSSR count). The number of carbonyl (C=O) groups is 1. The number of carbonyl (C=O) groups excluding carboxylic acids is 1. The zero-order chi connectivity index (χ0) is 22.5. The van der Waals surface area contributed by atoms with Gasteiger partial charge < -0.3 is 14.8 Å². The molecule has 0 aliphatic carbocycles. The van der Waals surface area contributed by atoms with Crippen LogP contribution in [0.1, 0.15) is 31.2 Å². The van der Waals surface area contributed by atoms with Gasteiger partial charge in [0.25, 0.3) is 0 Å². The zero-order valence-corrected chi connectivity index (χ0v) is 19.6. The van der Waals surface area contributed by atoms with Gasteiger partial charge in [0.2, 0.25) is 5.91 Å². The lowest BCUT2D eigenvalue weighted by molar-refractivity contribution is -0.117. The number of anilines is 1. The van der Waals surface area contributed by atoms with Gasteiger partial charge in [0.1, 0.15) is 11.5 Å². The number of halogens is 1. The Balaban J connectivity index is 1.41. The molecule has 2 atom stereocenters. The third-order valence-corrected chi connectivity index (χ3v) is 6.89. The second kappa shape index (κ2) is 10.6. The van der Waals surface area contributed by atoms with E-state index in [9.17, 15) is 4.79 Å². The maximum absolute atomic E-state index is 13.0.